The Morgan fingerprint density at radius 3 is 1.28 bits per heavy atom. The maximum absolute atomic E-state index is 11.0. The number of aliphatic hydroxyl groups excluding tert-OH is 1. The van der Waals surface area contributed by atoms with Gasteiger partial charge in [0.05, 0.1) is 6.61 Å². The van der Waals surface area contributed by atoms with Gasteiger partial charge in [-0.15, -0.1) is 0 Å². The normalized spacial score (nSPS) is 10.1. The lowest BCUT2D eigenvalue weighted by Crippen LogP contribution is -2.19. The molecule has 210 valence electrons. The molecule has 0 aromatic heterocycles. The van der Waals surface area contributed by atoms with Crippen LogP contribution in [0.1, 0.15) is 25.0 Å². The minimum absolute atomic E-state index is 0.0465. The molecule has 0 saturated carbocycles. The molecule has 2 rings (SSSR count). The Morgan fingerprint density at radius 2 is 0.974 bits per heavy atom. The van der Waals surface area contributed by atoms with Crippen LogP contribution >= 0.6 is 0 Å². The van der Waals surface area contributed by atoms with Gasteiger partial charge in [-0.2, -0.15) is 0 Å². The third-order valence-corrected chi connectivity index (χ3v) is 5.18. The van der Waals surface area contributed by atoms with Crippen LogP contribution in [0.2, 0.25) is 0 Å². The van der Waals surface area contributed by atoms with Crippen molar-refractivity contribution in [3.05, 3.63) is 97.6 Å². The summed E-state index contributed by atoms with van der Waals surface area (Å²) in [5, 5.41) is 8.10. The highest BCUT2D eigenvalue weighted by Crippen LogP contribution is 2.33. The Hall–Kier alpha value is -4.37. The van der Waals surface area contributed by atoms with Gasteiger partial charge < -0.3 is 28.8 Å². The average Bonchev–Trinajstić information content (AvgIpc) is 2.96. The molecule has 0 atom stereocenters. The predicted octanol–water partition coefficient (Wildman–Crippen LogP) is 3.94. The zero-order valence-electron chi connectivity index (χ0n) is 22.4. The van der Waals surface area contributed by atoms with Gasteiger partial charge in [-0.25, -0.2) is 14.4 Å². The Balaban J connectivity index is 0.000000824. The van der Waals surface area contributed by atoms with E-state index in [4.69, 9.17) is 24.1 Å². The monoisotopic (exact) mass is 540 g/mol. The van der Waals surface area contributed by atoms with E-state index in [1.54, 1.807) is 0 Å². The summed E-state index contributed by atoms with van der Waals surface area (Å²) < 4.78 is 25.3. The average molecular weight is 541 g/mol. The van der Waals surface area contributed by atoms with Crippen LogP contribution in [0, 0.1) is 0 Å². The molecular formula is C30H36O9. The van der Waals surface area contributed by atoms with Crippen LogP contribution in [0.15, 0.2) is 86.5 Å². The summed E-state index contributed by atoms with van der Waals surface area (Å²) >= 11 is 0. The van der Waals surface area contributed by atoms with Crippen LogP contribution < -0.4 is 9.47 Å². The molecule has 0 bridgehead atoms. The molecule has 2 aromatic carbocycles. The van der Waals surface area contributed by atoms with E-state index in [-0.39, 0.29) is 45.1 Å². The molecule has 0 aliphatic rings. The molecule has 0 spiro atoms. The summed E-state index contributed by atoms with van der Waals surface area (Å²) in [4.78, 5) is 32.1. The quantitative estimate of drug-likeness (QED) is 0.155. The van der Waals surface area contributed by atoms with Crippen molar-refractivity contribution in [1.82, 2.24) is 0 Å². The lowest BCUT2D eigenvalue weighted by Gasteiger charge is -2.26. The largest absolute Gasteiger partial charge is 0.490 e. The van der Waals surface area contributed by atoms with E-state index in [0.29, 0.717) is 11.5 Å². The van der Waals surface area contributed by atoms with Gasteiger partial charge in [0.25, 0.3) is 0 Å². The van der Waals surface area contributed by atoms with E-state index in [1.807, 2.05) is 48.5 Å². The van der Waals surface area contributed by atoms with E-state index in [2.05, 4.69) is 38.3 Å². The first-order chi connectivity index (χ1) is 18.7. The van der Waals surface area contributed by atoms with Crippen LogP contribution in [0.4, 0.5) is 0 Å². The fourth-order valence-electron chi connectivity index (χ4n) is 3.03. The first-order valence-corrected chi connectivity index (χ1v) is 12.1. The predicted molar refractivity (Wildman–Crippen MR) is 147 cm³/mol. The summed E-state index contributed by atoms with van der Waals surface area (Å²) in [6.07, 6.45) is 3.29. The Labute approximate surface area is 229 Å². The number of benzene rings is 2. The number of rotatable bonds is 15. The van der Waals surface area contributed by atoms with Gasteiger partial charge in [0.1, 0.15) is 44.5 Å². The second-order valence-corrected chi connectivity index (χ2v) is 8.21. The van der Waals surface area contributed by atoms with Crippen molar-refractivity contribution < 1.29 is 43.2 Å². The third kappa shape index (κ3) is 12.6. The van der Waals surface area contributed by atoms with Gasteiger partial charge in [0.2, 0.25) is 0 Å². The van der Waals surface area contributed by atoms with Gasteiger partial charge in [0, 0.05) is 23.6 Å². The SMILES string of the molecule is C=CC(=O)OCCO.C=CC(=O)OCCOc1ccc(C(C)(C)c2ccc(OCCOC(=O)C=C)cc2)cc1. The molecule has 0 aliphatic carbocycles. The van der Waals surface area contributed by atoms with Crippen molar-refractivity contribution >= 4 is 17.9 Å². The second-order valence-electron chi connectivity index (χ2n) is 8.21. The van der Waals surface area contributed by atoms with E-state index in [9.17, 15) is 14.4 Å². The van der Waals surface area contributed by atoms with Crippen molar-refractivity contribution in [2.45, 2.75) is 19.3 Å². The number of esters is 3. The Morgan fingerprint density at radius 1 is 0.641 bits per heavy atom. The molecule has 0 saturated heterocycles. The van der Waals surface area contributed by atoms with Crippen LogP contribution in [-0.4, -0.2) is 62.7 Å². The molecule has 0 aliphatic heterocycles. The van der Waals surface area contributed by atoms with Crippen LogP contribution in [-0.2, 0) is 34.0 Å². The molecule has 0 radical (unpaired) electrons. The number of aliphatic hydroxyl groups is 1. The van der Waals surface area contributed by atoms with Crippen molar-refractivity contribution in [2.75, 3.05) is 39.6 Å². The van der Waals surface area contributed by atoms with Gasteiger partial charge in [-0.3, -0.25) is 0 Å². The molecule has 0 fully saturated rings. The smallest absolute Gasteiger partial charge is 0.330 e. The summed E-state index contributed by atoms with van der Waals surface area (Å²) in [7, 11) is 0. The highest BCUT2D eigenvalue weighted by atomic mass is 16.6. The topological polar surface area (TPSA) is 118 Å². The Kier molecular flexibility index (Phi) is 15.1. The lowest BCUT2D eigenvalue weighted by molar-refractivity contribution is -0.139. The molecule has 0 heterocycles. The fraction of sp³-hybridized carbons (Fsp3) is 0.300. The summed E-state index contributed by atoms with van der Waals surface area (Å²) in [5.41, 5.74) is 2.03. The molecule has 1 N–H and O–H groups in total. The molecule has 9 heteroatoms. The number of carbonyl (C=O) groups is 3. The van der Waals surface area contributed by atoms with Gasteiger partial charge in [-0.05, 0) is 35.4 Å². The van der Waals surface area contributed by atoms with E-state index < -0.39 is 17.9 Å². The van der Waals surface area contributed by atoms with Crippen LogP contribution in [0.25, 0.3) is 0 Å². The summed E-state index contributed by atoms with van der Waals surface area (Å²) in [5.74, 6) is -0.0225. The number of ether oxygens (including phenoxy) is 5. The maximum Gasteiger partial charge on any atom is 0.330 e. The summed E-state index contributed by atoms with van der Waals surface area (Å²) in [6, 6.07) is 15.7. The molecule has 0 unspecified atom stereocenters. The fourth-order valence-corrected chi connectivity index (χ4v) is 3.03. The highest BCUT2D eigenvalue weighted by molar-refractivity contribution is 5.81. The maximum atomic E-state index is 11.0. The number of carbonyl (C=O) groups excluding carboxylic acids is 3. The standard InChI is InChI=1S/C25H28O6.C5H8O3/c1-5-23(26)30-17-15-28-21-11-7-19(8-12-21)25(3,4)20-9-13-22(14-10-20)29-16-18-31-24(27)6-2;1-2-5(7)8-4-3-6/h5-14H,1-2,15-18H2,3-4H3;2,6H,1,3-4H2. The molecule has 39 heavy (non-hydrogen) atoms. The van der Waals surface area contributed by atoms with Gasteiger partial charge in [-0.1, -0.05) is 57.8 Å². The summed E-state index contributed by atoms with van der Waals surface area (Å²) in [6.45, 7) is 14.9. The lowest BCUT2D eigenvalue weighted by atomic mass is 9.78. The molecule has 0 amide bonds. The first-order valence-electron chi connectivity index (χ1n) is 12.1. The van der Waals surface area contributed by atoms with Crippen molar-refractivity contribution in [3.63, 3.8) is 0 Å². The Bertz CT molecular complexity index is 997. The van der Waals surface area contributed by atoms with Crippen molar-refractivity contribution in [2.24, 2.45) is 0 Å². The van der Waals surface area contributed by atoms with Crippen molar-refractivity contribution in [3.8, 4) is 11.5 Å². The van der Waals surface area contributed by atoms with Crippen LogP contribution in [0.3, 0.4) is 0 Å². The van der Waals surface area contributed by atoms with E-state index in [1.165, 1.54) is 0 Å². The molecule has 9 nitrogen and oxygen atoms in total. The van der Waals surface area contributed by atoms with E-state index >= 15 is 0 Å². The third-order valence-electron chi connectivity index (χ3n) is 5.18. The van der Waals surface area contributed by atoms with E-state index in [0.717, 1.165) is 29.4 Å². The van der Waals surface area contributed by atoms with Crippen LogP contribution in [0.5, 0.6) is 11.5 Å². The minimum atomic E-state index is -0.501. The first kappa shape index (κ1) is 32.7. The number of hydrogen-bond donors (Lipinski definition) is 1. The zero-order chi connectivity index (χ0) is 29.1. The number of hydrogen-bond acceptors (Lipinski definition) is 9. The molecular weight excluding hydrogens is 504 g/mol. The molecule has 2 aromatic rings. The van der Waals surface area contributed by atoms with Crippen molar-refractivity contribution in [1.29, 1.82) is 0 Å². The highest BCUT2D eigenvalue weighted by Gasteiger charge is 2.23. The van der Waals surface area contributed by atoms with Gasteiger partial charge in [0.15, 0.2) is 0 Å². The minimum Gasteiger partial charge on any atom is -0.490 e. The zero-order valence-corrected chi connectivity index (χ0v) is 22.4. The second kappa shape index (κ2) is 18.0. The van der Waals surface area contributed by atoms with Gasteiger partial charge >= 0.3 is 17.9 Å².